The smallest absolute Gasteiger partial charge is 0.504 e. The van der Waals surface area contributed by atoms with Gasteiger partial charge in [-0.05, 0) is 93.5 Å². The number of carbonyl (C=O) groups excluding carboxylic acids is 3. The Morgan fingerprint density at radius 2 is 1.77 bits per heavy atom. The summed E-state index contributed by atoms with van der Waals surface area (Å²) in [5.74, 6) is 0.553. The maximum atomic E-state index is 15.3. The fourth-order valence-electron chi connectivity index (χ4n) is 11.6. The summed E-state index contributed by atoms with van der Waals surface area (Å²) >= 11 is 1.44. The van der Waals surface area contributed by atoms with Crippen molar-refractivity contribution < 1.29 is 57.4 Å². The van der Waals surface area contributed by atoms with Gasteiger partial charge in [0, 0.05) is 59.3 Å². The zero-order valence-electron chi connectivity index (χ0n) is 40.7. The maximum Gasteiger partial charge on any atom is 0.514 e. The lowest BCUT2D eigenvalue weighted by atomic mass is 9.71. The number of aryl methyl sites for hydroxylation is 1. The van der Waals surface area contributed by atoms with E-state index in [9.17, 15) is 20.0 Å². The van der Waals surface area contributed by atoms with Crippen LogP contribution in [0.4, 0.5) is 4.79 Å². The van der Waals surface area contributed by atoms with E-state index in [2.05, 4.69) is 27.8 Å². The van der Waals surface area contributed by atoms with Crippen LogP contribution in [-0.2, 0) is 37.4 Å². The molecule has 0 aromatic heterocycles. The first-order valence-electron chi connectivity index (χ1n) is 23.6. The second-order valence-electron chi connectivity index (χ2n) is 19.5. The van der Waals surface area contributed by atoms with Crippen LogP contribution >= 0.6 is 11.8 Å². The molecule has 4 bridgehead atoms. The first kappa shape index (κ1) is 47.9. The quantitative estimate of drug-likeness (QED) is 0.0571. The molecule has 17 heteroatoms. The van der Waals surface area contributed by atoms with Crippen molar-refractivity contribution >= 4 is 35.9 Å². The number of phenolic OH excluding ortho intramolecular Hbond substituents is 1. The number of hydrogen-bond acceptors (Lipinski definition) is 17. The minimum atomic E-state index is -1.50. The van der Waals surface area contributed by atoms with Gasteiger partial charge in [-0.1, -0.05) is 42.5 Å². The molecule has 0 amide bonds. The fourth-order valence-corrected chi connectivity index (χ4v) is 13.3. The van der Waals surface area contributed by atoms with Crippen LogP contribution in [0.3, 0.4) is 0 Å². The highest BCUT2D eigenvalue weighted by molar-refractivity contribution is 7.99. The maximum absolute atomic E-state index is 15.3. The standard InChI is InChI=1S/C54H56N4O12S/c1-9-19-57-34-21-32-20-28(2)46(64-8)45(60)40(32)43(57)44-50-42-41(49-48(66-27-67-49)29(3)47(42)69-39(59)16-15-30-13-11-10-12-14-30)36(58(44)35(34)24-55)25-65-51(61)54(26-71-50)33-23-37(63-7)38(22-31(33)17-18-56-54)68-52(62)70-53(4,5)6/h9-16,20,22-23,34-36,43-44,50,56,60H,1,17-19,21,25-27H2,2-8H3/b16-15+/t34-,35-,36-,43+,44?,50+,54+/m0/s1. The number of hydrogen-bond donors (Lipinski definition) is 2. The number of thioether (sulfide) groups is 1. The first-order valence-corrected chi connectivity index (χ1v) is 24.7. The van der Waals surface area contributed by atoms with E-state index in [0.717, 1.165) is 22.3 Å². The zero-order chi connectivity index (χ0) is 50.1. The Balaban J connectivity index is 1.20. The monoisotopic (exact) mass is 984 g/mol. The van der Waals surface area contributed by atoms with Gasteiger partial charge < -0.3 is 43.0 Å². The van der Waals surface area contributed by atoms with Crippen LogP contribution in [0.1, 0.15) is 88.2 Å². The lowest BCUT2D eigenvalue weighted by Gasteiger charge is -2.62. The minimum Gasteiger partial charge on any atom is -0.504 e. The minimum absolute atomic E-state index is 0.00426. The van der Waals surface area contributed by atoms with E-state index in [1.54, 1.807) is 45.1 Å². The van der Waals surface area contributed by atoms with Gasteiger partial charge in [-0.15, -0.1) is 18.3 Å². The van der Waals surface area contributed by atoms with Gasteiger partial charge in [-0.3, -0.25) is 15.1 Å². The van der Waals surface area contributed by atoms with Crippen molar-refractivity contribution in [2.45, 2.75) is 94.1 Å². The molecule has 71 heavy (non-hydrogen) atoms. The van der Waals surface area contributed by atoms with Crippen LogP contribution in [0.15, 0.2) is 67.3 Å². The number of benzene rings is 4. The number of rotatable bonds is 8. The Kier molecular flexibility index (Phi) is 12.5. The number of aromatic hydroxyl groups is 1. The van der Waals surface area contributed by atoms with Gasteiger partial charge >= 0.3 is 18.1 Å². The number of nitrogens with one attached hydrogen (secondary N) is 1. The summed E-state index contributed by atoms with van der Waals surface area (Å²) in [6, 6.07) is 14.2. The molecule has 0 radical (unpaired) electrons. The summed E-state index contributed by atoms with van der Waals surface area (Å²) in [5.41, 5.74) is 3.79. The largest absolute Gasteiger partial charge is 0.514 e. The van der Waals surface area contributed by atoms with E-state index in [0.29, 0.717) is 71.0 Å². The zero-order valence-corrected chi connectivity index (χ0v) is 41.5. The normalized spacial score (nSPS) is 25.2. The van der Waals surface area contributed by atoms with Crippen molar-refractivity contribution in [3.05, 3.63) is 117 Å². The van der Waals surface area contributed by atoms with Crippen molar-refractivity contribution in [2.24, 2.45) is 0 Å². The highest BCUT2D eigenvalue weighted by Gasteiger charge is 2.62. The molecule has 2 N–H and O–H groups in total. The molecule has 370 valence electrons. The summed E-state index contributed by atoms with van der Waals surface area (Å²) in [4.78, 5) is 46.9. The van der Waals surface area contributed by atoms with E-state index in [4.69, 9.17) is 37.9 Å². The van der Waals surface area contributed by atoms with Crippen molar-refractivity contribution in [2.75, 3.05) is 46.5 Å². The second-order valence-corrected chi connectivity index (χ2v) is 20.7. The Morgan fingerprint density at radius 1 is 1.00 bits per heavy atom. The van der Waals surface area contributed by atoms with Gasteiger partial charge in [-0.2, -0.15) is 5.26 Å². The number of phenols is 1. The lowest BCUT2D eigenvalue weighted by molar-refractivity contribution is -0.157. The van der Waals surface area contributed by atoms with E-state index in [-0.39, 0.29) is 42.2 Å². The number of nitriles is 1. The van der Waals surface area contributed by atoms with Crippen LogP contribution < -0.4 is 33.7 Å². The van der Waals surface area contributed by atoms with Crippen LogP contribution in [0.2, 0.25) is 0 Å². The molecule has 1 unspecified atom stereocenters. The van der Waals surface area contributed by atoms with Gasteiger partial charge in [-0.25, -0.2) is 14.4 Å². The number of esters is 2. The molecule has 7 atom stereocenters. The number of piperazine rings is 1. The summed E-state index contributed by atoms with van der Waals surface area (Å²) in [5, 5.41) is 26.8. The van der Waals surface area contributed by atoms with E-state index in [1.807, 2.05) is 50.2 Å². The number of nitrogens with zero attached hydrogens (tertiary/aromatic N) is 3. The molecule has 0 aliphatic carbocycles. The van der Waals surface area contributed by atoms with Crippen LogP contribution in [0, 0.1) is 25.2 Å². The molecule has 7 aliphatic heterocycles. The summed E-state index contributed by atoms with van der Waals surface area (Å²) in [7, 11) is 2.98. The predicted octanol–water partition coefficient (Wildman–Crippen LogP) is 7.85. The predicted molar refractivity (Wildman–Crippen MR) is 262 cm³/mol. The number of methoxy groups -OCH3 is 2. The summed E-state index contributed by atoms with van der Waals surface area (Å²) < 4.78 is 48.6. The van der Waals surface area contributed by atoms with Crippen LogP contribution in [0.5, 0.6) is 40.2 Å². The Bertz CT molecular complexity index is 2930. The van der Waals surface area contributed by atoms with Gasteiger partial charge in [0.15, 0.2) is 40.0 Å². The van der Waals surface area contributed by atoms with Gasteiger partial charge in [0.05, 0.1) is 37.6 Å². The average Bonchev–Trinajstić information content (AvgIpc) is 3.83. The van der Waals surface area contributed by atoms with Crippen molar-refractivity contribution in [1.29, 1.82) is 5.26 Å². The lowest BCUT2D eigenvalue weighted by Crippen LogP contribution is -2.70. The van der Waals surface area contributed by atoms with Crippen LogP contribution in [0.25, 0.3) is 6.08 Å². The van der Waals surface area contributed by atoms with Crippen molar-refractivity contribution in [1.82, 2.24) is 15.1 Å². The van der Waals surface area contributed by atoms with Gasteiger partial charge in [0.25, 0.3) is 0 Å². The third-order valence-electron chi connectivity index (χ3n) is 14.3. The Labute approximate surface area is 416 Å². The van der Waals surface area contributed by atoms with Crippen LogP contribution in [-0.4, -0.2) is 103 Å². The number of carbonyl (C=O) groups is 3. The van der Waals surface area contributed by atoms with E-state index < -0.39 is 64.7 Å². The highest BCUT2D eigenvalue weighted by Crippen LogP contribution is 2.65. The molecular formula is C54H56N4O12S. The van der Waals surface area contributed by atoms with Crippen molar-refractivity contribution in [3.63, 3.8) is 0 Å². The van der Waals surface area contributed by atoms with Gasteiger partial charge in [0.1, 0.15) is 24.0 Å². The molecule has 7 aliphatic rings. The number of ether oxygens (including phenoxy) is 8. The first-order chi connectivity index (χ1) is 34.1. The Morgan fingerprint density at radius 3 is 2.49 bits per heavy atom. The highest BCUT2D eigenvalue weighted by atomic mass is 32.2. The molecule has 4 aromatic carbocycles. The van der Waals surface area contributed by atoms with E-state index >= 15 is 4.79 Å². The third kappa shape index (κ3) is 8.01. The SMILES string of the molecule is C=CCN1[C@@H]2c3c(cc(C)c(OC)c3O)C[C@H]1[C@H](C#N)N1C2[C@@H]2SC[C@]3(NCCc4cc(OC(=O)OC(C)(C)C)c(OC)cc43)C(=O)OC[C@H]1c1c3c(c(C)c(OC(=O)/C=C/c4ccccc4)c12)OCO3. The molecule has 16 nitrogen and oxygen atoms in total. The topological polar surface area (TPSA) is 188 Å². The molecule has 11 rings (SSSR count). The molecular weight excluding hydrogens is 929 g/mol. The summed E-state index contributed by atoms with van der Waals surface area (Å²) in [6.45, 7) is 13.4. The number of fused-ring (bicyclic) bond motifs is 9. The fraction of sp³-hybridized carbons (Fsp3) is 0.407. The second kappa shape index (κ2) is 18.5. The molecule has 0 saturated carbocycles. The van der Waals surface area contributed by atoms with Gasteiger partial charge in [0.2, 0.25) is 6.79 Å². The average molecular weight is 985 g/mol. The van der Waals surface area contributed by atoms with E-state index in [1.165, 1.54) is 32.1 Å². The molecule has 4 aromatic rings. The van der Waals surface area contributed by atoms with Crippen molar-refractivity contribution in [3.8, 4) is 46.3 Å². The third-order valence-corrected chi connectivity index (χ3v) is 15.8. The molecule has 2 fully saturated rings. The molecule has 7 heterocycles. The summed E-state index contributed by atoms with van der Waals surface area (Å²) in [6.07, 6.45) is 4.85. The Hall–Kier alpha value is -6.71. The molecule has 1 spiro atoms. The molecule has 2 saturated heterocycles.